The summed E-state index contributed by atoms with van der Waals surface area (Å²) < 4.78 is 0. The summed E-state index contributed by atoms with van der Waals surface area (Å²) >= 11 is 0. The van der Waals surface area contributed by atoms with Crippen LogP contribution in [0.3, 0.4) is 0 Å². The van der Waals surface area contributed by atoms with Crippen molar-refractivity contribution in [3.8, 4) is 0 Å². The number of carbonyl (C=O) groups is 4. The summed E-state index contributed by atoms with van der Waals surface area (Å²) in [6, 6.07) is 0. The number of carboxylic acids is 2. The van der Waals surface area contributed by atoms with Gasteiger partial charge < -0.3 is 19.9 Å². The molecule has 0 saturated carbocycles. The first-order valence-electron chi connectivity index (χ1n) is 5.51. The molecule has 0 heterocycles. The Morgan fingerprint density at radius 2 is 0.957 bits per heavy atom. The second-order valence-corrected chi connectivity index (χ2v) is 3.09. The number of hydrogen-bond acceptors (Lipinski definition) is 8. The van der Waals surface area contributed by atoms with Crippen molar-refractivity contribution in [1.82, 2.24) is 0 Å². The van der Waals surface area contributed by atoms with Crippen LogP contribution in [0.4, 0.5) is 0 Å². The summed E-state index contributed by atoms with van der Waals surface area (Å²) in [7, 11) is 0. The minimum atomic E-state index is -1.82. The van der Waals surface area contributed by atoms with Crippen molar-refractivity contribution < 1.29 is 39.1 Å². The Hall–Kier alpha value is 0.800. The van der Waals surface area contributed by atoms with E-state index in [1.165, 1.54) is 0 Å². The summed E-state index contributed by atoms with van der Waals surface area (Å²) in [5.74, 6) is 4.68. The van der Waals surface area contributed by atoms with E-state index in [0.29, 0.717) is 12.8 Å². The van der Waals surface area contributed by atoms with Gasteiger partial charge in [-0.2, -0.15) is 11.8 Å². The molecule has 13 heteroatoms. The Kier molecular flexibility index (Phi) is 52.0. The average molecular weight is 368 g/mol. The molecule has 0 rings (SSSR count). The van der Waals surface area contributed by atoms with Crippen molar-refractivity contribution in [2.24, 2.45) is 11.8 Å². The van der Waals surface area contributed by atoms with E-state index in [-0.39, 0.29) is 101 Å². The number of carboxylic acid groups (broad SMARTS) is 2. The Morgan fingerprint density at radius 3 is 1.00 bits per heavy atom. The number of aliphatic carboxylic acids is 2. The third-order valence-corrected chi connectivity index (χ3v) is 1.35. The molecule has 0 aliphatic heterocycles. The summed E-state index contributed by atoms with van der Waals surface area (Å²) in [4.78, 5) is 46.0. The van der Waals surface area contributed by atoms with Crippen LogP contribution in [-0.4, -0.2) is 123 Å². The first-order chi connectivity index (χ1) is 9.26. The van der Waals surface area contributed by atoms with Gasteiger partial charge in [0.15, 0.2) is 0 Å². The molecule has 0 aromatic carbocycles. The van der Waals surface area contributed by atoms with Crippen LogP contribution in [0.5, 0.6) is 0 Å². The van der Waals surface area contributed by atoms with Gasteiger partial charge in [-0.1, -0.05) is 13.8 Å². The average Bonchev–Trinajstić information content (AvgIpc) is 2.40. The fourth-order valence-electron chi connectivity index (χ4n) is 0.526. The van der Waals surface area contributed by atoms with E-state index in [1.54, 1.807) is 0 Å². The maximum absolute atomic E-state index is 10.1. The van der Waals surface area contributed by atoms with Crippen LogP contribution >= 0.6 is 0 Å². The Balaban J connectivity index is -0.0000000444. The van der Waals surface area contributed by atoms with E-state index in [9.17, 15) is 9.59 Å². The molecule has 0 aromatic heterocycles. The fraction of sp³-hybridized carbons (Fsp3) is 0.600. The molecule has 0 bridgehead atoms. The molecule has 10 nitrogen and oxygen atoms in total. The van der Waals surface area contributed by atoms with E-state index >= 15 is 0 Å². The summed E-state index contributed by atoms with van der Waals surface area (Å²) in [5, 5.41) is 14.8. The van der Waals surface area contributed by atoms with E-state index in [4.69, 9.17) is 19.8 Å². The predicted octanol–water partition coefficient (Wildman–Crippen LogP) is -2.38. The van der Waals surface area contributed by atoms with E-state index in [0.717, 1.165) is 12.8 Å². The zero-order valence-corrected chi connectivity index (χ0v) is 11.3. The van der Waals surface area contributed by atoms with Gasteiger partial charge in [-0.3, -0.25) is 9.59 Å². The first-order valence-corrected chi connectivity index (χ1v) is 5.51. The molecule has 0 unspecified atom stereocenters. The summed E-state index contributed by atoms with van der Waals surface area (Å²) in [6.07, 6.45) is 2.40. The van der Waals surface area contributed by atoms with E-state index in [2.05, 4.69) is 21.5 Å². The molecule has 0 radical (unpaired) electrons. The Morgan fingerprint density at radius 1 is 0.739 bits per heavy atom. The molecular formula is C10H23N2Na3O8. The Labute approximate surface area is 200 Å². The second-order valence-electron chi connectivity index (χ2n) is 3.09. The van der Waals surface area contributed by atoms with Gasteiger partial charge in [-0.15, -0.1) is 0 Å². The van der Waals surface area contributed by atoms with E-state index < -0.39 is 11.9 Å². The molecule has 23 heavy (non-hydrogen) atoms. The summed E-state index contributed by atoms with van der Waals surface area (Å²) in [5.41, 5.74) is 0. The van der Waals surface area contributed by atoms with Crippen LogP contribution in [-0.2, 0) is 28.9 Å². The molecule has 0 atom stereocenters. The van der Waals surface area contributed by atoms with Gasteiger partial charge in [0.05, 0.1) is 0 Å². The van der Waals surface area contributed by atoms with Gasteiger partial charge in [0.2, 0.25) is 0 Å². The van der Waals surface area contributed by atoms with Crippen LogP contribution in [0.1, 0.15) is 39.5 Å². The molecule has 0 aliphatic rings. The van der Waals surface area contributed by atoms with Gasteiger partial charge >= 0.3 is 113 Å². The molecule has 0 saturated heterocycles. The van der Waals surface area contributed by atoms with Crippen molar-refractivity contribution in [1.29, 1.82) is 0 Å². The SMILES string of the molecule is CCCC(=O)ON.CCCC(=O)ON.O=C(O)C(=O)O.[NaH].[NaH].[NaH]. The fourth-order valence-corrected chi connectivity index (χ4v) is 0.526. The van der Waals surface area contributed by atoms with Gasteiger partial charge in [-0.05, 0) is 12.8 Å². The zero-order valence-electron chi connectivity index (χ0n) is 11.3. The monoisotopic (exact) mass is 368 g/mol. The minimum absolute atomic E-state index is 0. The molecule has 124 valence electrons. The van der Waals surface area contributed by atoms with Gasteiger partial charge in [0, 0.05) is 12.8 Å². The molecule has 0 aromatic rings. The topological polar surface area (TPSA) is 179 Å². The molecular weight excluding hydrogens is 345 g/mol. The van der Waals surface area contributed by atoms with Crippen molar-refractivity contribution in [3.05, 3.63) is 0 Å². The van der Waals surface area contributed by atoms with Crippen LogP contribution < -0.4 is 11.8 Å². The third kappa shape index (κ3) is 45.0. The Bertz CT molecular complexity index is 288. The number of nitrogens with two attached hydrogens (primary N) is 2. The van der Waals surface area contributed by atoms with Gasteiger partial charge in [0.1, 0.15) is 0 Å². The third-order valence-electron chi connectivity index (χ3n) is 1.35. The van der Waals surface area contributed by atoms with Gasteiger partial charge in [-0.25, -0.2) is 9.59 Å². The van der Waals surface area contributed by atoms with Crippen molar-refractivity contribution in [2.45, 2.75) is 39.5 Å². The first kappa shape index (κ1) is 39.0. The van der Waals surface area contributed by atoms with Crippen LogP contribution in [0.25, 0.3) is 0 Å². The number of carbonyl (C=O) groups excluding carboxylic acids is 2. The van der Waals surface area contributed by atoms with Crippen molar-refractivity contribution in [3.63, 3.8) is 0 Å². The van der Waals surface area contributed by atoms with Crippen LogP contribution in [0.2, 0.25) is 0 Å². The molecule has 6 N–H and O–H groups in total. The van der Waals surface area contributed by atoms with Crippen LogP contribution in [0, 0.1) is 0 Å². The van der Waals surface area contributed by atoms with Crippen LogP contribution in [0.15, 0.2) is 0 Å². The summed E-state index contributed by atoms with van der Waals surface area (Å²) in [6.45, 7) is 3.77. The van der Waals surface area contributed by atoms with Crippen molar-refractivity contribution >= 4 is 113 Å². The number of rotatable bonds is 4. The second kappa shape index (κ2) is 30.7. The molecule has 0 fully saturated rings. The van der Waals surface area contributed by atoms with Crippen molar-refractivity contribution in [2.75, 3.05) is 0 Å². The standard InChI is InChI=1S/2C4H9NO2.C2H2O4.3Na.3H/c2*1-2-3-4(6)7-5;3-1(4)2(5)6;;;;;;/h2*2-3,5H2,1H3;(H,3,4)(H,5,6);;;;;;. The predicted molar refractivity (Wildman–Crippen MR) is 87.1 cm³/mol. The molecule has 0 amide bonds. The quantitative estimate of drug-likeness (QED) is 0.238. The maximum atomic E-state index is 10.1. The molecule has 0 aliphatic carbocycles. The van der Waals surface area contributed by atoms with E-state index in [1.807, 2.05) is 13.8 Å². The molecule has 0 spiro atoms. The zero-order chi connectivity index (χ0) is 16.6. The normalized spacial score (nSPS) is 6.96. The number of hydrogen-bond donors (Lipinski definition) is 4. The van der Waals surface area contributed by atoms with Gasteiger partial charge in [0.25, 0.3) is 0 Å².